The van der Waals surface area contributed by atoms with Crippen LogP contribution in [0, 0.1) is 0 Å². The zero-order valence-corrected chi connectivity index (χ0v) is 12.8. The SMILES string of the molecule is O=C(Cc1ccccc1C(=O)NCCS)Nc1cccnc1. The van der Waals surface area contributed by atoms with Crippen molar-refractivity contribution in [1.29, 1.82) is 0 Å². The standard InChI is InChI=1S/C16H17N3O2S/c20-15(19-13-5-3-7-17-11-13)10-12-4-1-2-6-14(12)16(21)18-8-9-22/h1-7,11,22H,8-10H2,(H,18,21)(H,19,20). The van der Waals surface area contributed by atoms with Gasteiger partial charge < -0.3 is 10.6 Å². The summed E-state index contributed by atoms with van der Waals surface area (Å²) in [4.78, 5) is 28.1. The first-order valence-corrected chi connectivity index (χ1v) is 7.51. The normalized spacial score (nSPS) is 10.0. The van der Waals surface area contributed by atoms with Crippen molar-refractivity contribution in [2.75, 3.05) is 17.6 Å². The van der Waals surface area contributed by atoms with Crippen molar-refractivity contribution in [1.82, 2.24) is 10.3 Å². The van der Waals surface area contributed by atoms with Gasteiger partial charge in [-0.1, -0.05) is 18.2 Å². The fourth-order valence-electron chi connectivity index (χ4n) is 1.98. The van der Waals surface area contributed by atoms with E-state index in [2.05, 4.69) is 28.2 Å². The number of carbonyl (C=O) groups excluding carboxylic acids is 2. The molecular formula is C16H17N3O2S. The number of benzene rings is 1. The van der Waals surface area contributed by atoms with E-state index in [1.807, 2.05) is 6.07 Å². The summed E-state index contributed by atoms with van der Waals surface area (Å²) in [6, 6.07) is 10.6. The highest BCUT2D eigenvalue weighted by Gasteiger charge is 2.13. The fourth-order valence-corrected chi connectivity index (χ4v) is 2.09. The van der Waals surface area contributed by atoms with E-state index in [1.54, 1.807) is 42.7 Å². The molecule has 0 aliphatic rings. The molecule has 0 radical (unpaired) electrons. The van der Waals surface area contributed by atoms with E-state index < -0.39 is 0 Å². The van der Waals surface area contributed by atoms with Crippen LogP contribution < -0.4 is 10.6 Å². The number of anilines is 1. The first kappa shape index (κ1) is 16.0. The van der Waals surface area contributed by atoms with Gasteiger partial charge in [-0.15, -0.1) is 0 Å². The fraction of sp³-hybridized carbons (Fsp3) is 0.188. The second-order valence-electron chi connectivity index (χ2n) is 4.60. The van der Waals surface area contributed by atoms with Gasteiger partial charge in [0.25, 0.3) is 5.91 Å². The number of rotatable bonds is 6. The van der Waals surface area contributed by atoms with Crippen molar-refractivity contribution < 1.29 is 9.59 Å². The van der Waals surface area contributed by atoms with E-state index in [9.17, 15) is 9.59 Å². The van der Waals surface area contributed by atoms with Crippen molar-refractivity contribution in [3.63, 3.8) is 0 Å². The van der Waals surface area contributed by atoms with Gasteiger partial charge in [0.1, 0.15) is 0 Å². The van der Waals surface area contributed by atoms with E-state index in [1.165, 1.54) is 0 Å². The number of amides is 2. The molecule has 0 fully saturated rings. The minimum atomic E-state index is -0.196. The quantitative estimate of drug-likeness (QED) is 0.713. The Bertz CT molecular complexity index is 647. The molecule has 2 amide bonds. The molecule has 2 N–H and O–H groups in total. The molecule has 0 saturated heterocycles. The molecule has 0 bridgehead atoms. The van der Waals surface area contributed by atoms with Crippen molar-refractivity contribution in [3.8, 4) is 0 Å². The molecule has 114 valence electrons. The van der Waals surface area contributed by atoms with Crippen LogP contribution in [0.25, 0.3) is 0 Å². The first-order chi connectivity index (χ1) is 10.7. The average molecular weight is 315 g/mol. The second kappa shape index (κ2) is 8.19. The van der Waals surface area contributed by atoms with Gasteiger partial charge >= 0.3 is 0 Å². The van der Waals surface area contributed by atoms with Crippen molar-refractivity contribution in [3.05, 3.63) is 59.9 Å². The van der Waals surface area contributed by atoms with Crippen molar-refractivity contribution in [2.45, 2.75) is 6.42 Å². The number of pyridine rings is 1. The van der Waals surface area contributed by atoms with E-state index in [4.69, 9.17) is 0 Å². The molecule has 0 aliphatic carbocycles. The lowest BCUT2D eigenvalue weighted by molar-refractivity contribution is -0.115. The van der Waals surface area contributed by atoms with Crippen LogP contribution in [0.1, 0.15) is 15.9 Å². The highest BCUT2D eigenvalue weighted by Crippen LogP contribution is 2.11. The van der Waals surface area contributed by atoms with Crippen LogP contribution in [0.15, 0.2) is 48.8 Å². The minimum absolute atomic E-state index is 0.124. The van der Waals surface area contributed by atoms with E-state index in [0.717, 1.165) is 0 Å². The Labute approximate surface area is 134 Å². The molecule has 5 nitrogen and oxygen atoms in total. The Morgan fingerprint density at radius 2 is 1.95 bits per heavy atom. The number of carbonyl (C=O) groups is 2. The van der Waals surface area contributed by atoms with E-state index in [0.29, 0.717) is 29.1 Å². The van der Waals surface area contributed by atoms with Crippen molar-refractivity contribution >= 4 is 30.1 Å². The van der Waals surface area contributed by atoms with Crippen LogP contribution in [0.2, 0.25) is 0 Å². The molecule has 1 aromatic carbocycles. The smallest absolute Gasteiger partial charge is 0.251 e. The van der Waals surface area contributed by atoms with Gasteiger partial charge in [0, 0.05) is 24.1 Å². The number of aromatic nitrogens is 1. The van der Waals surface area contributed by atoms with Gasteiger partial charge in [-0.05, 0) is 23.8 Å². The predicted molar refractivity (Wildman–Crippen MR) is 89.2 cm³/mol. The molecule has 1 heterocycles. The van der Waals surface area contributed by atoms with Gasteiger partial charge in [0.15, 0.2) is 0 Å². The molecule has 6 heteroatoms. The molecule has 2 aromatic rings. The van der Waals surface area contributed by atoms with Crippen LogP contribution in [-0.4, -0.2) is 29.1 Å². The third-order valence-corrected chi connectivity index (χ3v) is 3.18. The summed E-state index contributed by atoms with van der Waals surface area (Å²) < 4.78 is 0. The summed E-state index contributed by atoms with van der Waals surface area (Å²) in [5, 5.41) is 5.51. The van der Waals surface area contributed by atoms with Gasteiger partial charge in [0.2, 0.25) is 5.91 Å². The van der Waals surface area contributed by atoms with E-state index in [-0.39, 0.29) is 18.2 Å². The Morgan fingerprint density at radius 1 is 1.14 bits per heavy atom. The topological polar surface area (TPSA) is 71.1 Å². The molecule has 0 spiro atoms. The van der Waals surface area contributed by atoms with Gasteiger partial charge in [-0.25, -0.2) is 0 Å². The summed E-state index contributed by atoms with van der Waals surface area (Å²) in [5.74, 6) is 0.177. The number of hydrogen-bond acceptors (Lipinski definition) is 4. The van der Waals surface area contributed by atoms with Gasteiger partial charge in [-0.3, -0.25) is 14.6 Å². The Balaban J connectivity index is 2.06. The monoisotopic (exact) mass is 315 g/mol. The van der Waals surface area contributed by atoms with Gasteiger partial charge in [0.05, 0.1) is 18.3 Å². The maximum absolute atomic E-state index is 12.1. The number of nitrogens with zero attached hydrogens (tertiary/aromatic N) is 1. The number of hydrogen-bond donors (Lipinski definition) is 3. The summed E-state index contributed by atoms with van der Waals surface area (Å²) >= 11 is 4.06. The lowest BCUT2D eigenvalue weighted by atomic mass is 10.0. The molecule has 1 aromatic heterocycles. The summed E-state index contributed by atoms with van der Waals surface area (Å²) in [7, 11) is 0. The molecule has 0 unspecified atom stereocenters. The largest absolute Gasteiger partial charge is 0.351 e. The number of thiol groups is 1. The summed E-state index contributed by atoms with van der Waals surface area (Å²) in [6.07, 6.45) is 3.33. The van der Waals surface area contributed by atoms with Crippen LogP contribution in [-0.2, 0) is 11.2 Å². The highest BCUT2D eigenvalue weighted by molar-refractivity contribution is 7.80. The van der Waals surface area contributed by atoms with Crippen LogP contribution in [0.5, 0.6) is 0 Å². The van der Waals surface area contributed by atoms with Gasteiger partial charge in [-0.2, -0.15) is 12.6 Å². The molecule has 0 aliphatic heterocycles. The highest BCUT2D eigenvalue weighted by atomic mass is 32.1. The molecule has 2 rings (SSSR count). The van der Waals surface area contributed by atoms with Crippen LogP contribution in [0.3, 0.4) is 0 Å². The predicted octanol–water partition coefficient (Wildman–Crippen LogP) is 1.92. The third kappa shape index (κ3) is 4.60. The Morgan fingerprint density at radius 3 is 2.68 bits per heavy atom. The molecule has 0 saturated carbocycles. The molecular weight excluding hydrogens is 298 g/mol. The number of nitrogens with one attached hydrogen (secondary N) is 2. The zero-order chi connectivity index (χ0) is 15.8. The average Bonchev–Trinajstić information content (AvgIpc) is 2.54. The van der Waals surface area contributed by atoms with Crippen LogP contribution in [0.4, 0.5) is 5.69 Å². The maximum atomic E-state index is 12.1. The molecule has 22 heavy (non-hydrogen) atoms. The molecule has 0 atom stereocenters. The first-order valence-electron chi connectivity index (χ1n) is 6.87. The maximum Gasteiger partial charge on any atom is 0.251 e. The minimum Gasteiger partial charge on any atom is -0.351 e. The zero-order valence-electron chi connectivity index (χ0n) is 12.0. The van der Waals surface area contributed by atoms with E-state index >= 15 is 0 Å². The summed E-state index contributed by atoms with van der Waals surface area (Å²) in [6.45, 7) is 0.484. The lowest BCUT2D eigenvalue weighted by Crippen LogP contribution is -2.27. The second-order valence-corrected chi connectivity index (χ2v) is 5.05. The Kier molecular flexibility index (Phi) is 5.97. The summed E-state index contributed by atoms with van der Waals surface area (Å²) in [5.41, 5.74) is 1.82. The van der Waals surface area contributed by atoms with Crippen molar-refractivity contribution in [2.24, 2.45) is 0 Å². The lowest BCUT2D eigenvalue weighted by Gasteiger charge is -2.10. The van der Waals surface area contributed by atoms with Crippen LogP contribution >= 0.6 is 12.6 Å². The Hall–Kier alpha value is -2.34. The third-order valence-electron chi connectivity index (χ3n) is 2.96.